The monoisotopic (exact) mass is 780 g/mol. The molecule has 8 heteroatoms. The molecule has 9 heterocycles. The van der Waals surface area contributed by atoms with Gasteiger partial charge in [-0.05, 0) is 107 Å². The van der Waals surface area contributed by atoms with E-state index in [4.69, 9.17) is 4.99 Å². The van der Waals surface area contributed by atoms with Gasteiger partial charge in [0, 0.05) is 109 Å². The standard InChI is InChI=1S/C52H43N8/c1-57-27-21-33(22-28-57)49-39-11-15-43(53-39)51(37-9-19-47-35(31-37)7-5-25-59(47)3)45-17-13-41(55-45)50(34-23-29-58(2)30-24-34)42-14-18-46(56-42)52(44-16-12-40(49)54-44)38-10-20-48-36(32-38)8-6-26-60(48)4/h5-32,49H,1-4H3,(H2,53,54,55,56)/q+3/p+1. The molecule has 0 saturated carbocycles. The van der Waals surface area contributed by atoms with Gasteiger partial charge in [-0.15, -0.1) is 0 Å². The van der Waals surface area contributed by atoms with E-state index < -0.39 is 0 Å². The smallest absolute Gasteiger partial charge is 0.212 e. The van der Waals surface area contributed by atoms with Crippen LogP contribution in [0.2, 0.25) is 0 Å². The van der Waals surface area contributed by atoms with Crippen molar-refractivity contribution in [2.24, 2.45) is 33.2 Å². The lowest BCUT2D eigenvalue weighted by atomic mass is 9.93. The third-order valence-corrected chi connectivity index (χ3v) is 12.1. The van der Waals surface area contributed by atoms with E-state index in [1.807, 2.05) is 7.05 Å². The van der Waals surface area contributed by atoms with Crippen molar-refractivity contribution in [3.63, 3.8) is 0 Å². The van der Waals surface area contributed by atoms with E-state index in [-0.39, 0.29) is 5.92 Å². The van der Waals surface area contributed by atoms with Crippen LogP contribution in [0.4, 0.5) is 0 Å². The Balaban J connectivity index is 1.24. The molecule has 11 rings (SSSR count). The average Bonchev–Trinajstić information content (AvgIpc) is 4.11. The molecule has 2 aliphatic rings. The number of aryl methyl sites for hydroxylation is 4. The third-order valence-electron chi connectivity index (χ3n) is 12.1. The Morgan fingerprint density at radius 3 is 1.63 bits per heavy atom. The number of hydrogen-bond donors (Lipinski definition) is 3. The first kappa shape index (κ1) is 35.5. The maximum Gasteiger partial charge on any atom is 0.212 e. The SMILES string of the molecule is C[n+]1ccc(C2=c3ccc([nH]3)=C(c3ccc4c(ccc[n+]4C)c3)c3ccc([nH]3)C(c3cc[n+](C)cc3)c3ccc([nH]3)C(c3ccc4c(ccc[n+]4C)c3)=C3C=CC2=N3)cc1. The first-order valence-electron chi connectivity index (χ1n) is 20.4. The highest BCUT2D eigenvalue weighted by molar-refractivity contribution is 6.30. The van der Waals surface area contributed by atoms with Crippen LogP contribution in [0, 0.1) is 0 Å². The molecule has 7 aromatic heterocycles. The second-order valence-electron chi connectivity index (χ2n) is 16.0. The maximum atomic E-state index is 5.52. The van der Waals surface area contributed by atoms with Crippen LogP contribution in [-0.2, 0) is 28.2 Å². The number of aromatic nitrogens is 7. The van der Waals surface area contributed by atoms with Crippen molar-refractivity contribution in [1.82, 2.24) is 15.0 Å². The summed E-state index contributed by atoms with van der Waals surface area (Å²) in [4.78, 5) is 17.3. The van der Waals surface area contributed by atoms with Gasteiger partial charge < -0.3 is 15.0 Å². The highest BCUT2D eigenvalue weighted by Crippen LogP contribution is 2.37. The summed E-state index contributed by atoms with van der Waals surface area (Å²) in [6.45, 7) is 0. The van der Waals surface area contributed by atoms with Crippen molar-refractivity contribution in [3.8, 4) is 0 Å². The fourth-order valence-corrected chi connectivity index (χ4v) is 9.06. The number of aromatic amines is 3. The molecule has 0 spiro atoms. The Bertz CT molecular complexity index is 3410. The summed E-state index contributed by atoms with van der Waals surface area (Å²) in [6.07, 6.45) is 17.0. The third kappa shape index (κ3) is 6.03. The number of H-pyrrole nitrogens is 3. The molecule has 1 unspecified atom stereocenters. The van der Waals surface area contributed by atoms with Crippen molar-refractivity contribution in [2.75, 3.05) is 0 Å². The molecule has 0 radical (unpaired) electrons. The molecule has 288 valence electrons. The van der Waals surface area contributed by atoms with Crippen molar-refractivity contribution < 1.29 is 18.3 Å². The van der Waals surface area contributed by atoms with Gasteiger partial charge in [0.1, 0.15) is 28.2 Å². The molecular formula is C52H44N8+4. The molecule has 0 aliphatic carbocycles. The first-order valence-corrected chi connectivity index (χ1v) is 20.4. The van der Waals surface area contributed by atoms with Crippen molar-refractivity contribution >= 4 is 44.2 Å². The largest absolute Gasteiger partial charge is 0.357 e. The topological polar surface area (TPSA) is 75.2 Å². The van der Waals surface area contributed by atoms with Crippen LogP contribution in [0.15, 0.2) is 181 Å². The maximum absolute atomic E-state index is 5.52. The zero-order valence-electron chi connectivity index (χ0n) is 34.0. The summed E-state index contributed by atoms with van der Waals surface area (Å²) >= 11 is 0. The van der Waals surface area contributed by atoms with Gasteiger partial charge >= 0.3 is 0 Å². The van der Waals surface area contributed by atoms with Crippen LogP contribution in [0.5, 0.6) is 0 Å². The Hall–Kier alpha value is -7.71. The predicted octanol–water partition coefficient (Wildman–Crippen LogP) is 5.69. The van der Waals surface area contributed by atoms with Gasteiger partial charge in [-0.25, -0.2) is 23.3 Å². The fourth-order valence-electron chi connectivity index (χ4n) is 9.06. The lowest BCUT2D eigenvalue weighted by Gasteiger charge is -2.16. The van der Waals surface area contributed by atoms with E-state index in [1.165, 1.54) is 27.4 Å². The summed E-state index contributed by atoms with van der Waals surface area (Å²) in [6, 6.07) is 44.2. The van der Waals surface area contributed by atoms with Crippen LogP contribution < -0.4 is 29.0 Å². The summed E-state index contributed by atoms with van der Waals surface area (Å²) in [5.41, 5.74) is 16.0. The minimum absolute atomic E-state index is 0.0999. The zero-order chi connectivity index (χ0) is 40.5. The number of aliphatic imine (C=N–C) groups is 1. The molecule has 9 aromatic rings. The van der Waals surface area contributed by atoms with E-state index in [0.29, 0.717) is 0 Å². The second-order valence-corrected chi connectivity index (χ2v) is 16.0. The quantitative estimate of drug-likeness (QED) is 0.193. The van der Waals surface area contributed by atoms with Crippen LogP contribution >= 0.6 is 0 Å². The van der Waals surface area contributed by atoms with Crippen LogP contribution in [-0.4, -0.2) is 20.7 Å². The van der Waals surface area contributed by atoms with Gasteiger partial charge in [0.25, 0.3) is 0 Å². The summed E-state index contributed by atoms with van der Waals surface area (Å²) in [7, 11) is 8.30. The average molecular weight is 781 g/mol. The van der Waals surface area contributed by atoms with Gasteiger partial charge in [0.15, 0.2) is 37.2 Å². The second kappa shape index (κ2) is 14.0. The van der Waals surface area contributed by atoms with E-state index in [1.54, 1.807) is 0 Å². The van der Waals surface area contributed by atoms with Crippen molar-refractivity contribution in [1.29, 1.82) is 0 Å². The Kier molecular flexibility index (Phi) is 8.27. The van der Waals surface area contributed by atoms with Gasteiger partial charge in [-0.3, -0.25) is 0 Å². The highest BCUT2D eigenvalue weighted by Gasteiger charge is 2.26. The Morgan fingerprint density at radius 2 is 1.02 bits per heavy atom. The normalized spacial score (nSPS) is 15.1. The van der Waals surface area contributed by atoms with Gasteiger partial charge in [0.05, 0.1) is 17.3 Å². The number of rotatable bonds is 4. The number of allylic oxidation sites excluding steroid dienone is 2. The van der Waals surface area contributed by atoms with Gasteiger partial charge in [0.2, 0.25) is 11.0 Å². The summed E-state index contributed by atoms with van der Waals surface area (Å²) in [5.74, 6) is -0.0999. The minimum Gasteiger partial charge on any atom is -0.357 e. The predicted molar refractivity (Wildman–Crippen MR) is 235 cm³/mol. The zero-order valence-corrected chi connectivity index (χ0v) is 34.0. The van der Waals surface area contributed by atoms with Gasteiger partial charge in [-0.2, -0.15) is 0 Å². The molecule has 0 fully saturated rings. The first-order chi connectivity index (χ1) is 29.3. The number of benzene rings is 2. The summed E-state index contributed by atoms with van der Waals surface area (Å²) < 4.78 is 8.48. The van der Waals surface area contributed by atoms with Crippen LogP contribution in [0.3, 0.4) is 0 Å². The summed E-state index contributed by atoms with van der Waals surface area (Å²) in [5, 5.41) is 4.34. The lowest BCUT2D eigenvalue weighted by Crippen LogP contribution is -2.27. The van der Waals surface area contributed by atoms with E-state index in [9.17, 15) is 0 Å². The van der Waals surface area contributed by atoms with Crippen LogP contribution in [0.25, 0.3) is 38.5 Å². The number of nitrogens with one attached hydrogen (secondary N) is 3. The van der Waals surface area contributed by atoms with Crippen molar-refractivity contribution in [2.45, 2.75) is 5.92 Å². The number of hydrogen-bond acceptors (Lipinski definition) is 1. The van der Waals surface area contributed by atoms with E-state index >= 15 is 0 Å². The Morgan fingerprint density at radius 1 is 0.467 bits per heavy atom. The van der Waals surface area contributed by atoms with E-state index in [0.717, 1.165) is 78.3 Å². The molecule has 0 saturated heterocycles. The fraction of sp³-hybridized carbons (Fsp3) is 0.0962. The number of fused-ring (bicyclic) bond motifs is 9. The molecule has 3 N–H and O–H groups in total. The molecular weight excluding hydrogens is 737 g/mol. The number of nitrogens with zero attached hydrogens (tertiary/aromatic N) is 5. The molecule has 0 amide bonds. The lowest BCUT2D eigenvalue weighted by molar-refractivity contribution is -0.671. The molecule has 2 aromatic carbocycles. The van der Waals surface area contributed by atoms with Crippen LogP contribution in [0.1, 0.15) is 50.9 Å². The van der Waals surface area contributed by atoms with Crippen molar-refractivity contribution in [3.05, 3.63) is 232 Å². The Labute approximate surface area is 347 Å². The molecule has 1 atom stereocenters. The molecule has 60 heavy (non-hydrogen) atoms. The molecule has 8 bridgehead atoms. The molecule has 8 nitrogen and oxygen atoms in total. The number of pyridine rings is 4. The highest BCUT2D eigenvalue weighted by atomic mass is 14.9. The van der Waals surface area contributed by atoms with Gasteiger partial charge in [-0.1, -0.05) is 0 Å². The van der Waals surface area contributed by atoms with E-state index in [2.05, 4.69) is 225 Å². The minimum atomic E-state index is -0.0999. The molecule has 2 aliphatic heterocycles.